The molecule has 1 atom stereocenters. The first-order valence-corrected chi connectivity index (χ1v) is 6.06. The highest BCUT2D eigenvalue weighted by atomic mass is 16.5. The average molecular weight is 263 g/mol. The smallest absolute Gasteiger partial charge is 0.307 e. The van der Waals surface area contributed by atoms with E-state index in [-0.39, 0.29) is 18.8 Å². The largest absolute Gasteiger partial charge is 0.466 e. The lowest BCUT2D eigenvalue weighted by molar-refractivity contribution is -0.148. The molecule has 5 nitrogen and oxygen atoms in total. The summed E-state index contributed by atoms with van der Waals surface area (Å²) in [4.78, 5) is 34.8. The second-order valence-corrected chi connectivity index (χ2v) is 4.03. The topological polar surface area (TPSA) is 72.5 Å². The van der Waals surface area contributed by atoms with Gasteiger partial charge in [0.2, 0.25) is 5.91 Å². The molecule has 0 saturated heterocycles. The number of benzene rings is 1. The van der Waals surface area contributed by atoms with Crippen molar-refractivity contribution in [3.63, 3.8) is 0 Å². The molecule has 0 spiro atoms. The third kappa shape index (κ3) is 4.91. The van der Waals surface area contributed by atoms with Crippen molar-refractivity contribution < 1.29 is 19.1 Å². The van der Waals surface area contributed by atoms with Gasteiger partial charge in [-0.25, -0.2) is 0 Å². The summed E-state index contributed by atoms with van der Waals surface area (Å²) in [5, 5.41) is 2.60. The van der Waals surface area contributed by atoms with Crippen LogP contribution in [0.15, 0.2) is 30.3 Å². The van der Waals surface area contributed by atoms with Crippen molar-refractivity contribution in [3.05, 3.63) is 30.3 Å². The maximum atomic E-state index is 12.0. The Morgan fingerprint density at radius 2 is 1.84 bits per heavy atom. The highest BCUT2D eigenvalue weighted by Crippen LogP contribution is 2.12. The lowest BCUT2D eigenvalue weighted by Gasteiger charge is -2.13. The van der Waals surface area contributed by atoms with Crippen LogP contribution < -0.4 is 5.32 Å². The van der Waals surface area contributed by atoms with Crippen LogP contribution in [0.3, 0.4) is 0 Å². The molecule has 0 aromatic heterocycles. The number of anilines is 1. The van der Waals surface area contributed by atoms with Crippen molar-refractivity contribution in [3.8, 4) is 0 Å². The molecular weight excluding hydrogens is 246 g/mol. The predicted molar refractivity (Wildman–Crippen MR) is 70.5 cm³/mol. The lowest BCUT2D eigenvalue weighted by Crippen LogP contribution is -2.30. The predicted octanol–water partition coefficient (Wildman–Crippen LogP) is 1.78. The third-order valence-corrected chi connectivity index (χ3v) is 2.52. The molecule has 0 heterocycles. The van der Waals surface area contributed by atoms with Gasteiger partial charge in [-0.1, -0.05) is 18.2 Å². The summed E-state index contributed by atoms with van der Waals surface area (Å²) >= 11 is 0. The molecule has 0 aliphatic carbocycles. The van der Waals surface area contributed by atoms with Crippen molar-refractivity contribution in [2.75, 3.05) is 11.9 Å². The van der Waals surface area contributed by atoms with Crippen LogP contribution in [0, 0.1) is 5.92 Å². The minimum absolute atomic E-state index is 0.226. The second-order valence-electron chi connectivity index (χ2n) is 4.03. The Balaban J connectivity index is 2.68. The van der Waals surface area contributed by atoms with Gasteiger partial charge >= 0.3 is 5.97 Å². The van der Waals surface area contributed by atoms with Gasteiger partial charge in [-0.15, -0.1) is 0 Å². The molecule has 0 fully saturated rings. The summed E-state index contributed by atoms with van der Waals surface area (Å²) < 4.78 is 4.75. The standard InChI is InChI=1S/C14H17NO4/c1-3-19-13(17)9-12(10(2)16)14(18)15-11-7-5-4-6-8-11/h4-8,12H,3,9H2,1-2H3,(H,15,18)/t12-/m0/s1. The lowest BCUT2D eigenvalue weighted by atomic mass is 10.00. The minimum atomic E-state index is -1.01. The van der Waals surface area contributed by atoms with Crippen LogP contribution in [0.25, 0.3) is 0 Å². The van der Waals surface area contributed by atoms with Crippen LogP contribution in [0.5, 0.6) is 0 Å². The molecule has 102 valence electrons. The third-order valence-electron chi connectivity index (χ3n) is 2.52. The SMILES string of the molecule is CCOC(=O)C[C@@H](C(C)=O)C(=O)Nc1ccccc1. The number of nitrogens with one attached hydrogen (secondary N) is 1. The van der Waals surface area contributed by atoms with E-state index in [1.54, 1.807) is 31.2 Å². The molecule has 1 aromatic rings. The van der Waals surface area contributed by atoms with Crippen LogP contribution in [0.1, 0.15) is 20.3 Å². The first-order chi connectivity index (χ1) is 9.04. The zero-order valence-corrected chi connectivity index (χ0v) is 11.0. The van der Waals surface area contributed by atoms with E-state index in [4.69, 9.17) is 4.74 Å². The average Bonchev–Trinajstić information content (AvgIpc) is 2.37. The van der Waals surface area contributed by atoms with Gasteiger partial charge in [-0.2, -0.15) is 0 Å². The van der Waals surface area contributed by atoms with Crippen LogP contribution in [0.2, 0.25) is 0 Å². The number of Topliss-reactive ketones (excluding diaryl/α,β-unsaturated/α-hetero) is 1. The fourth-order valence-electron chi connectivity index (χ4n) is 1.56. The monoisotopic (exact) mass is 263 g/mol. The first-order valence-electron chi connectivity index (χ1n) is 6.06. The fraction of sp³-hybridized carbons (Fsp3) is 0.357. The Morgan fingerprint density at radius 1 is 1.21 bits per heavy atom. The van der Waals surface area contributed by atoms with Gasteiger partial charge < -0.3 is 10.1 Å². The van der Waals surface area contributed by atoms with E-state index in [2.05, 4.69) is 5.32 Å². The zero-order valence-electron chi connectivity index (χ0n) is 11.0. The van der Waals surface area contributed by atoms with Gasteiger partial charge in [0.15, 0.2) is 0 Å². The van der Waals surface area contributed by atoms with E-state index in [1.807, 2.05) is 6.07 Å². The molecule has 5 heteroatoms. The molecule has 1 amide bonds. The summed E-state index contributed by atoms with van der Waals surface area (Å²) in [5.41, 5.74) is 0.586. The van der Waals surface area contributed by atoms with Gasteiger partial charge in [-0.3, -0.25) is 14.4 Å². The molecule has 1 N–H and O–H groups in total. The number of amides is 1. The number of esters is 1. The number of carbonyl (C=O) groups is 3. The molecule has 0 saturated carbocycles. The molecule has 19 heavy (non-hydrogen) atoms. The molecule has 0 unspecified atom stereocenters. The van der Waals surface area contributed by atoms with Crippen molar-refractivity contribution in [1.82, 2.24) is 0 Å². The number of ketones is 1. The Labute approximate surface area is 111 Å². The molecule has 1 aromatic carbocycles. The molecule has 0 aliphatic rings. The number of rotatable bonds is 6. The molecule has 0 radical (unpaired) electrons. The van der Waals surface area contributed by atoms with Gasteiger partial charge in [0, 0.05) is 5.69 Å². The molecular formula is C14H17NO4. The van der Waals surface area contributed by atoms with Crippen molar-refractivity contribution in [2.24, 2.45) is 5.92 Å². The summed E-state index contributed by atoms with van der Waals surface area (Å²) in [6.07, 6.45) is -0.234. The zero-order chi connectivity index (χ0) is 14.3. The number of hydrogen-bond donors (Lipinski definition) is 1. The highest BCUT2D eigenvalue weighted by Gasteiger charge is 2.26. The maximum Gasteiger partial charge on any atom is 0.307 e. The maximum absolute atomic E-state index is 12.0. The fourth-order valence-corrected chi connectivity index (χ4v) is 1.56. The number of hydrogen-bond acceptors (Lipinski definition) is 4. The Morgan fingerprint density at radius 3 is 2.37 bits per heavy atom. The Kier molecular flexibility index (Phi) is 5.73. The normalized spacial score (nSPS) is 11.5. The van der Waals surface area contributed by atoms with Gasteiger partial charge in [0.1, 0.15) is 11.7 Å². The van der Waals surface area contributed by atoms with Crippen molar-refractivity contribution >= 4 is 23.3 Å². The number of ether oxygens (including phenoxy) is 1. The minimum Gasteiger partial charge on any atom is -0.466 e. The Hall–Kier alpha value is -2.17. The van der Waals surface area contributed by atoms with E-state index >= 15 is 0 Å². The molecule has 0 aliphatic heterocycles. The van der Waals surface area contributed by atoms with Crippen molar-refractivity contribution in [2.45, 2.75) is 20.3 Å². The van der Waals surface area contributed by atoms with E-state index in [9.17, 15) is 14.4 Å². The van der Waals surface area contributed by atoms with Crippen molar-refractivity contribution in [1.29, 1.82) is 0 Å². The highest BCUT2D eigenvalue weighted by molar-refractivity contribution is 6.08. The summed E-state index contributed by atoms with van der Waals surface area (Å²) in [5.74, 6) is -2.42. The summed E-state index contributed by atoms with van der Waals surface area (Å²) in [6, 6.07) is 8.77. The van der Waals surface area contributed by atoms with Crippen LogP contribution in [-0.4, -0.2) is 24.3 Å². The summed E-state index contributed by atoms with van der Waals surface area (Å²) in [7, 11) is 0. The number of carbonyl (C=O) groups excluding carboxylic acids is 3. The summed E-state index contributed by atoms with van der Waals surface area (Å²) in [6.45, 7) is 3.18. The number of para-hydroxylation sites is 1. The van der Waals surface area contributed by atoms with Gasteiger partial charge in [0.05, 0.1) is 13.0 Å². The van der Waals surface area contributed by atoms with Crippen LogP contribution in [-0.2, 0) is 19.1 Å². The second kappa shape index (κ2) is 7.31. The quantitative estimate of drug-likeness (QED) is 0.627. The van der Waals surface area contributed by atoms with E-state index in [0.717, 1.165) is 0 Å². The van der Waals surface area contributed by atoms with E-state index < -0.39 is 17.8 Å². The van der Waals surface area contributed by atoms with Gasteiger partial charge in [-0.05, 0) is 26.0 Å². The van der Waals surface area contributed by atoms with Crippen LogP contribution in [0.4, 0.5) is 5.69 Å². The molecule has 0 bridgehead atoms. The van der Waals surface area contributed by atoms with E-state index in [0.29, 0.717) is 5.69 Å². The first kappa shape index (κ1) is 14.9. The van der Waals surface area contributed by atoms with Gasteiger partial charge in [0.25, 0.3) is 0 Å². The molecule has 1 rings (SSSR count). The van der Waals surface area contributed by atoms with Crippen LogP contribution >= 0.6 is 0 Å². The van der Waals surface area contributed by atoms with E-state index in [1.165, 1.54) is 6.92 Å². The Bertz CT molecular complexity index is 456.